The summed E-state index contributed by atoms with van der Waals surface area (Å²) in [6.45, 7) is 4.94. The number of likely N-dealkylation sites (tertiary alicyclic amines) is 1. The van der Waals surface area contributed by atoms with Crippen molar-refractivity contribution in [3.63, 3.8) is 0 Å². The number of piperidine rings is 1. The smallest absolute Gasteiger partial charge is 0.245 e. The zero-order valence-corrected chi connectivity index (χ0v) is 14.1. The normalized spacial score (nSPS) is 17.5. The molecule has 1 atom stereocenters. The van der Waals surface area contributed by atoms with Crippen molar-refractivity contribution in [3.8, 4) is 0 Å². The molecular formula is C18H25N5O. The molecule has 3 heterocycles. The predicted molar refractivity (Wildman–Crippen MR) is 92.2 cm³/mol. The first-order chi connectivity index (χ1) is 11.8. The maximum absolute atomic E-state index is 12.5. The van der Waals surface area contributed by atoms with Gasteiger partial charge in [0.1, 0.15) is 6.04 Å². The van der Waals surface area contributed by atoms with Gasteiger partial charge in [0.05, 0.1) is 0 Å². The number of hydrogen-bond donors (Lipinski definition) is 1. The second-order valence-electron chi connectivity index (χ2n) is 6.33. The topological polar surface area (TPSA) is 63.1 Å². The predicted octanol–water partition coefficient (Wildman–Crippen LogP) is 2.01. The van der Waals surface area contributed by atoms with Gasteiger partial charge >= 0.3 is 0 Å². The van der Waals surface area contributed by atoms with E-state index in [1.807, 2.05) is 31.5 Å². The molecule has 0 bridgehead atoms. The zero-order valence-electron chi connectivity index (χ0n) is 14.1. The molecule has 0 aromatic carbocycles. The Kier molecular flexibility index (Phi) is 5.59. The van der Waals surface area contributed by atoms with Gasteiger partial charge in [0, 0.05) is 50.5 Å². The molecular weight excluding hydrogens is 302 g/mol. The molecule has 2 aromatic rings. The molecule has 0 radical (unpaired) electrons. The quantitative estimate of drug-likeness (QED) is 0.881. The Morgan fingerprint density at radius 3 is 2.79 bits per heavy atom. The Hall–Kier alpha value is -2.21. The zero-order chi connectivity index (χ0) is 16.8. The first-order valence-corrected chi connectivity index (χ1v) is 8.67. The van der Waals surface area contributed by atoms with Crippen molar-refractivity contribution >= 4 is 5.91 Å². The third-order valence-electron chi connectivity index (χ3n) is 4.60. The van der Waals surface area contributed by atoms with Gasteiger partial charge in [-0.1, -0.05) is 13.0 Å². The fraction of sp³-hybridized carbons (Fsp3) is 0.500. The van der Waals surface area contributed by atoms with Gasteiger partial charge in [0.25, 0.3) is 0 Å². The summed E-state index contributed by atoms with van der Waals surface area (Å²) in [5.41, 5.74) is 1.24. The van der Waals surface area contributed by atoms with Gasteiger partial charge < -0.3 is 5.32 Å². The van der Waals surface area contributed by atoms with E-state index in [2.05, 4.69) is 26.4 Å². The minimum Gasteiger partial charge on any atom is -0.351 e. The van der Waals surface area contributed by atoms with Crippen LogP contribution in [0.15, 0.2) is 43.0 Å². The largest absolute Gasteiger partial charge is 0.351 e. The Morgan fingerprint density at radius 2 is 2.17 bits per heavy atom. The van der Waals surface area contributed by atoms with Gasteiger partial charge in [-0.2, -0.15) is 5.10 Å². The van der Waals surface area contributed by atoms with Crippen molar-refractivity contribution in [2.75, 3.05) is 13.1 Å². The fourth-order valence-corrected chi connectivity index (χ4v) is 3.24. The molecule has 128 valence electrons. The van der Waals surface area contributed by atoms with E-state index in [1.54, 1.807) is 17.1 Å². The van der Waals surface area contributed by atoms with Crippen LogP contribution in [0.25, 0.3) is 0 Å². The first kappa shape index (κ1) is 16.6. The summed E-state index contributed by atoms with van der Waals surface area (Å²) in [6, 6.07) is 5.98. The molecule has 1 amide bonds. The minimum atomic E-state index is -0.214. The van der Waals surface area contributed by atoms with E-state index in [1.165, 1.54) is 5.56 Å². The van der Waals surface area contributed by atoms with Gasteiger partial charge in [-0.15, -0.1) is 0 Å². The minimum absolute atomic E-state index is 0.0758. The lowest BCUT2D eigenvalue weighted by Gasteiger charge is -2.33. The molecule has 0 unspecified atom stereocenters. The highest BCUT2D eigenvalue weighted by Crippen LogP contribution is 2.16. The molecule has 1 saturated heterocycles. The summed E-state index contributed by atoms with van der Waals surface area (Å²) in [5, 5.41) is 7.41. The second kappa shape index (κ2) is 8.06. The summed E-state index contributed by atoms with van der Waals surface area (Å²) >= 11 is 0. The van der Waals surface area contributed by atoms with Crippen molar-refractivity contribution in [1.82, 2.24) is 25.0 Å². The summed E-state index contributed by atoms with van der Waals surface area (Å²) in [5.74, 6) is 0.0758. The third kappa shape index (κ3) is 4.20. The van der Waals surface area contributed by atoms with Crippen LogP contribution in [0.4, 0.5) is 0 Å². The van der Waals surface area contributed by atoms with E-state index in [4.69, 9.17) is 0 Å². The monoisotopic (exact) mass is 327 g/mol. The number of nitrogens with one attached hydrogen (secondary N) is 1. The molecule has 6 heteroatoms. The van der Waals surface area contributed by atoms with Crippen molar-refractivity contribution in [2.24, 2.45) is 0 Å². The summed E-state index contributed by atoms with van der Waals surface area (Å²) in [6.07, 6.45) is 10.0. The number of amides is 1. The Morgan fingerprint density at radius 1 is 1.33 bits per heavy atom. The number of nitrogens with zero attached hydrogens (tertiary/aromatic N) is 4. The number of hydrogen-bond acceptors (Lipinski definition) is 4. The van der Waals surface area contributed by atoms with Crippen LogP contribution in [0.5, 0.6) is 0 Å². The summed E-state index contributed by atoms with van der Waals surface area (Å²) < 4.78 is 1.74. The highest BCUT2D eigenvalue weighted by molar-refractivity contribution is 5.80. The molecule has 0 aliphatic carbocycles. The van der Waals surface area contributed by atoms with Gasteiger partial charge in [0.15, 0.2) is 0 Å². The average Bonchev–Trinajstić information content (AvgIpc) is 3.12. The average molecular weight is 327 g/mol. The van der Waals surface area contributed by atoms with Crippen molar-refractivity contribution in [2.45, 2.75) is 44.8 Å². The highest BCUT2D eigenvalue weighted by Gasteiger charge is 2.25. The van der Waals surface area contributed by atoms with Crippen LogP contribution in [0.2, 0.25) is 0 Å². The Labute approximate surface area is 142 Å². The molecule has 3 rings (SSSR count). The Bertz CT molecular complexity index is 620. The van der Waals surface area contributed by atoms with E-state index < -0.39 is 0 Å². The second-order valence-corrected chi connectivity index (χ2v) is 6.33. The SMILES string of the molecule is CC[C@H](C(=O)NC1CCN(Cc2cccnc2)CC1)n1cccn1. The van der Waals surface area contributed by atoms with E-state index in [-0.39, 0.29) is 18.0 Å². The van der Waals surface area contributed by atoms with E-state index in [9.17, 15) is 4.79 Å². The van der Waals surface area contributed by atoms with Crippen LogP contribution in [0.1, 0.15) is 37.8 Å². The van der Waals surface area contributed by atoms with Gasteiger partial charge in [0.2, 0.25) is 5.91 Å². The maximum atomic E-state index is 12.5. The van der Waals surface area contributed by atoms with Crippen LogP contribution in [0.3, 0.4) is 0 Å². The van der Waals surface area contributed by atoms with Crippen LogP contribution in [-0.2, 0) is 11.3 Å². The van der Waals surface area contributed by atoms with Crippen LogP contribution >= 0.6 is 0 Å². The molecule has 1 fully saturated rings. The van der Waals surface area contributed by atoms with Gasteiger partial charge in [-0.3, -0.25) is 19.4 Å². The van der Waals surface area contributed by atoms with Crippen LogP contribution in [-0.4, -0.2) is 44.7 Å². The maximum Gasteiger partial charge on any atom is 0.245 e. The molecule has 0 spiro atoms. The molecule has 1 aliphatic rings. The summed E-state index contributed by atoms with van der Waals surface area (Å²) in [7, 11) is 0. The number of aromatic nitrogens is 3. The molecule has 1 N–H and O–H groups in total. The summed E-state index contributed by atoms with van der Waals surface area (Å²) in [4.78, 5) is 19.1. The number of carbonyl (C=O) groups is 1. The number of carbonyl (C=O) groups excluding carboxylic acids is 1. The van der Waals surface area contributed by atoms with E-state index in [0.717, 1.165) is 38.9 Å². The molecule has 6 nitrogen and oxygen atoms in total. The van der Waals surface area contributed by atoms with Gasteiger partial charge in [-0.25, -0.2) is 0 Å². The van der Waals surface area contributed by atoms with Crippen molar-refractivity contribution < 1.29 is 4.79 Å². The standard InChI is InChI=1S/C18H25N5O/c1-2-17(23-10-4-9-20-23)18(24)21-16-6-11-22(12-7-16)14-15-5-3-8-19-13-15/h3-5,8-10,13,16-17H,2,6-7,11-12,14H2,1H3,(H,21,24)/t17-/m1/s1. The lowest BCUT2D eigenvalue weighted by atomic mass is 10.0. The van der Waals surface area contributed by atoms with E-state index >= 15 is 0 Å². The van der Waals surface area contributed by atoms with Gasteiger partial charge in [-0.05, 0) is 37.0 Å². The van der Waals surface area contributed by atoms with E-state index in [0.29, 0.717) is 0 Å². The molecule has 2 aromatic heterocycles. The Balaban J connectivity index is 1.47. The fourth-order valence-electron chi connectivity index (χ4n) is 3.24. The highest BCUT2D eigenvalue weighted by atomic mass is 16.2. The molecule has 0 saturated carbocycles. The van der Waals surface area contributed by atoms with Crippen LogP contribution < -0.4 is 5.32 Å². The lowest BCUT2D eigenvalue weighted by molar-refractivity contribution is -0.125. The molecule has 24 heavy (non-hydrogen) atoms. The van der Waals surface area contributed by atoms with Crippen LogP contribution in [0, 0.1) is 0 Å². The third-order valence-corrected chi connectivity index (χ3v) is 4.60. The van der Waals surface area contributed by atoms with Crippen molar-refractivity contribution in [1.29, 1.82) is 0 Å². The molecule has 1 aliphatic heterocycles. The number of rotatable bonds is 6. The lowest BCUT2D eigenvalue weighted by Crippen LogP contribution is -2.46. The van der Waals surface area contributed by atoms with Crippen molar-refractivity contribution in [3.05, 3.63) is 48.5 Å². The first-order valence-electron chi connectivity index (χ1n) is 8.67. The number of pyridine rings is 1.